The minimum atomic E-state index is -0.594. The molecule has 0 aliphatic rings. The first-order valence-corrected chi connectivity index (χ1v) is 8.55. The summed E-state index contributed by atoms with van der Waals surface area (Å²) in [7, 11) is 1.37. The maximum Gasteiger partial charge on any atom is 0.413 e. The molecule has 0 saturated heterocycles. The van der Waals surface area contributed by atoms with E-state index in [2.05, 4.69) is 15.0 Å². The Balaban J connectivity index is 2.01. The number of nitrogens with one attached hydrogen (secondary N) is 1. The number of aromatic nitrogens is 1. The van der Waals surface area contributed by atoms with Crippen LogP contribution in [0.5, 0.6) is 11.5 Å². The zero-order valence-electron chi connectivity index (χ0n) is 15.9. The number of carbonyl (C=O) groups is 2. The molecule has 2 rings (SSSR count). The maximum atomic E-state index is 11.8. The number of amides is 1. The van der Waals surface area contributed by atoms with E-state index in [0.717, 1.165) is 5.56 Å². The van der Waals surface area contributed by atoms with E-state index in [1.54, 1.807) is 32.9 Å². The minimum absolute atomic E-state index is 0.256. The number of esters is 1. The molecule has 7 nitrogen and oxygen atoms in total. The highest BCUT2D eigenvalue weighted by molar-refractivity contribution is 5.83. The summed E-state index contributed by atoms with van der Waals surface area (Å²) >= 11 is 0. The molecule has 0 atom stereocenters. The first-order chi connectivity index (χ1) is 12.7. The minimum Gasteiger partial charge on any atom is -0.469 e. The van der Waals surface area contributed by atoms with Gasteiger partial charge in [0.1, 0.15) is 22.9 Å². The van der Waals surface area contributed by atoms with E-state index in [9.17, 15) is 9.59 Å². The topological polar surface area (TPSA) is 86.8 Å². The molecular weight excluding hydrogens is 348 g/mol. The molecule has 2 aromatic rings. The van der Waals surface area contributed by atoms with Gasteiger partial charge in [0.05, 0.1) is 7.11 Å². The molecule has 144 valence electrons. The Kier molecular flexibility index (Phi) is 6.76. The summed E-state index contributed by atoms with van der Waals surface area (Å²) in [5.41, 5.74) is 0.363. The monoisotopic (exact) mass is 372 g/mol. The predicted octanol–water partition coefficient (Wildman–Crippen LogP) is 4.33. The van der Waals surface area contributed by atoms with E-state index in [1.807, 2.05) is 24.3 Å². The molecule has 0 bridgehead atoms. The fraction of sp³-hybridized carbons (Fsp3) is 0.350. The molecule has 1 heterocycles. The fourth-order valence-electron chi connectivity index (χ4n) is 2.20. The second kappa shape index (κ2) is 9.02. The fourth-order valence-corrected chi connectivity index (χ4v) is 2.20. The van der Waals surface area contributed by atoms with Crippen LogP contribution in [0.1, 0.15) is 32.8 Å². The Morgan fingerprint density at radius 2 is 1.85 bits per heavy atom. The molecule has 1 aromatic carbocycles. The van der Waals surface area contributed by atoms with Crippen LogP contribution >= 0.6 is 0 Å². The van der Waals surface area contributed by atoms with Crippen LogP contribution in [0.4, 0.5) is 10.6 Å². The first-order valence-electron chi connectivity index (χ1n) is 8.55. The van der Waals surface area contributed by atoms with Crippen molar-refractivity contribution in [3.8, 4) is 11.5 Å². The van der Waals surface area contributed by atoms with Gasteiger partial charge in [0.2, 0.25) is 0 Å². The lowest BCUT2D eigenvalue weighted by atomic mass is 10.1. The molecule has 0 fully saturated rings. The Morgan fingerprint density at radius 3 is 2.56 bits per heavy atom. The van der Waals surface area contributed by atoms with E-state index in [0.29, 0.717) is 30.2 Å². The highest BCUT2D eigenvalue weighted by Gasteiger charge is 2.16. The van der Waals surface area contributed by atoms with E-state index < -0.39 is 11.7 Å². The van der Waals surface area contributed by atoms with Crippen molar-refractivity contribution >= 4 is 17.9 Å². The number of carbonyl (C=O) groups excluding carboxylic acids is 2. The largest absolute Gasteiger partial charge is 0.469 e. The average Bonchev–Trinajstić information content (AvgIpc) is 2.58. The Hall–Kier alpha value is -3.09. The second-order valence-corrected chi connectivity index (χ2v) is 6.83. The maximum absolute atomic E-state index is 11.8. The van der Waals surface area contributed by atoms with Crippen molar-refractivity contribution in [1.82, 2.24) is 4.98 Å². The third-order valence-corrected chi connectivity index (χ3v) is 3.34. The molecule has 0 spiro atoms. The van der Waals surface area contributed by atoms with Gasteiger partial charge in [0.15, 0.2) is 0 Å². The molecule has 0 radical (unpaired) electrons. The second-order valence-electron chi connectivity index (χ2n) is 6.83. The third kappa shape index (κ3) is 7.35. The van der Waals surface area contributed by atoms with Gasteiger partial charge in [-0.3, -0.25) is 10.1 Å². The van der Waals surface area contributed by atoms with Crippen LogP contribution in [-0.2, 0) is 20.7 Å². The lowest BCUT2D eigenvalue weighted by molar-refractivity contribution is -0.140. The summed E-state index contributed by atoms with van der Waals surface area (Å²) < 4.78 is 15.7. The summed E-state index contributed by atoms with van der Waals surface area (Å²) in [6, 6.07) is 10.7. The highest BCUT2D eigenvalue weighted by Crippen LogP contribution is 2.24. The van der Waals surface area contributed by atoms with Crippen LogP contribution in [-0.4, -0.2) is 29.8 Å². The molecule has 1 amide bonds. The summed E-state index contributed by atoms with van der Waals surface area (Å²) in [5, 5.41) is 2.57. The van der Waals surface area contributed by atoms with Crippen LogP contribution in [0.3, 0.4) is 0 Å². The number of aryl methyl sites for hydroxylation is 1. The number of hydrogen-bond acceptors (Lipinski definition) is 6. The van der Waals surface area contributed by atoms with Gasteiger partial charge in [-0.2, -0.15) is 0 Å². The Labute approximate surface area is 158 Å². The first kappa shape index (κ1) is 20.2. The Morgan fingerprint density at radius 1 is 1.11 bits per heavy atom. The van der Waals surface area contributed by atoms with Gasteiger partial charge in [0.25, 0.3) is 0 Å². The molecule has 0 saturated carbocycles. The van der Waals surface area contributed by atoms with E-state index >= 15 is 0 Å². The molecule has 0 unspecified atom stereocenters. The van der Waals surface area contributed by atoms with Gasteiger partial charge in [0, 0.05) is 18.7 Å². The lowest BCUT2D eigenvalue weighted by Gasteiger charge is -2.19. The van der Waals surface area contributed by atoms with Gasteiger partial charge in [-0.1, -0.05) is 12.1 Å². The molecule has 1 N–H and O–H groups in total. The summed E-state index contributed by atoms with van der Waals surface area (Å²) in [5.74, 6) is 1.20. The van der Waals surface area contributed by atoms with Gasteiger partial charge in [-0.05, 0) is 51.0 Å². The van der Waals surface area contributed by atoms with Gasteiger partial charge in [-0.25, -0.2) is 9.78 Å². The van der Waals surface area contributed by atoms with Gasteiger partial charge >= 0.3 is 12.1 Å². The van der Waals surface area contributed by atoms with Crippen LogP contribution in [0.2, 0.25) is 0 Å². The number of benzene rings is 1. The number of pyridine rings is 1. The van der Waals surface area contributed by atoms with E-state index in [4.69, 9.17) is 9.47 Å². The highest BCUT2D eigenvalue weighted by atomic mass is 16.6. The number of methoxy groups -OCH3 is 1. The third-order valence-electron chi connectivity index (χ3n) is 3.34. The van der Waals surface area contributed by atoms with Crippen molar-refractivity contribution in [2.45, 2.75) is 39.2 Å². The standard InChI is InChI=1S/C20H24N2O5/c1-20(2,3)27-19(24)22-17-13-16(10-11-21-17)26-15-7-5-6-14(12-15)8-9-18(23)25-4/h5-7,10-13H,8-9H2,1-4H3,(H,21,22,24). The van der Waals surface area contributed by atoms with E-state index in [-0.39, 0.29) is 5.97 Å². The van der Waals surface area contributed by atoms with E-state index in [1.165, 1.54) is 13.3 Å². The van der Waals surface area contributed by atoms with Crippen molar-refractivity contribution in [1.29, 1.82) is 0 Å². The van der Waals surface area contributed by atoms with Crippen molar-refractivity contribution in [3.63, 3.8) is 0 Å². The van der Waals surface area contributed by atoms with Gasteiger partial charge in [-0.15, -0.1) is 0 Å². The quantitative estimate of drug-likeness (QED) is 0.760. The SMILES string of the molecule is COC(=O)CCc1cccc(Oc2ccnc(NC(=O)OC(C)(C)C)c2)c1. The van der Waals surface area contributed by atoms with Crippen molar-refractivity contribution in [2.75, 3.05) is 12.4 Å². The van der Waals surface area contributed by atoms with Crippen LogP contribution in [0, 0.1) is 0 Å². The number of anilines is 1. The number of ether oxygens (including phenoxy) is 3. The lowest BCUT2D eigenvalue weighted by Crippen LogP contribution is -2.27. The van der Waals surface area contributed by atoms with Crippen LogP contribution in [0.15, 0.2) is 42.6 Å². The summed E-state index contributed by atoms with van der Waals surface area (Å²) in [4.78, 5) is 27.2. The summed E-state index contributed by atoms with van der Waals surface area (Å²) in [6.45, 7) is 5.35. The molecular formula is C20H24N2O5. The predicted molar refractivity (Wildman–Crippen MR) is 101 cm³/mol. The number of nitrogens with zero attached hydrogens (tertiary/aromatic N) is 1. The molecule has 7 heteroatoms. The van der Waals surface area contributed by atoms with Crippen molar-refractivity contribution < 1.29 is 23.8 Å². The normalized spacial score (nSPS) is 10.8. The molecule has 27 heavy (non-hydrogen) atoms. The zero-order valence-corrected chi connectivity index (χ0v) is 15.9. The Bertz CT molecular complexity index is 799. The van der Waals surface area contributed by atoms with Gasteiger partial charge < -0.3 is 14.2 Å². The smallest absolute Gasteiger partial charge is 0.413 e. The molecule has 0 aliphatic carbocycles. The summed E-state index contributed by atoms with van der Waals surface area (Å²) in [6.07, 6.45) is 1.81. The molecule has 0 aliphatic heterocycles. The zero-order chi connectivity index (χ0) is 19.9. The molecule has 1 aromatic heterocycles. The number of rotatable bonds is 6. The van der Waals surface area contributed by atoms with Crippen molar-refractivity contribution in [2.24, 2.45) is 0 Å². The van der Waals surface area contributed by atoms with Crippen LogP contribution < -0.4 is 10.1 Å². The van der Waals surface area contributed by atoms with Crippen molar-refractivity contribution in [3.05, 3.63) is 48.2 Å². The number of hydrogen-bond donors (Lipinski definition) is 1. The average molecular weight is 372 g/mol. The van der Waals surface area contributed by atoms with Crippen LogP contribution in [0.25, 0.3) is 0 Å².